The number of hydrogen-bond donors (Lipinski definition) is 0. The highest BCUT2D eigenvalue weighted by atomic mass is 35.5. The van der Waals surface area contributed by atoms with Gasteiger partial charge in [-0.2, -0.15) is 0 Å². The molecular weight excluding hydrogens is 392 g/mol. The second-order valence-corrected chi connectivity index (χ2v) is 8.65. The van der Waals surface area contributed by atoms with Crippen LogP contribution in [0.2, 0.25) is 5.02 Å². The zero-order chi connectivity index (χ0) is 21.3. The summed E-state index contributed by atoms with van der Waals surface area (Å²) in [5.41, 5.74) is 1.53. The van der Waals surface area contributed by atoms with Gasteiger partial charge < -0.3 is 13.9 Å². The number of aryl methyl sites for hydroxylation is 2. The maximum Gasteiger partial charge on any atom is 0.311 e. The van der Waals surface area contributed by atoms with E-state index < -0.39 is 0 Å². The van der Waals surface area contributed by atoms with E-state index >= 15 is 0 Å². The number of halogens is 1. The lowest BCUT2D eigenvalue weighted by Crippen LogP contribution is -2.17. The molecule has 29 heavy (non-hydrogen) atoms. The minimum Gasteiger partial charge on any atom is -0.460 e. The van der Waals surface area contributed by atoms with Crippen LogP contribution in [0, 0.1) is 19.3 Å². The number of ether oxygens (including phenoxy) is 2. The first-order chi connectivity index (χ1) is 13.5. The van der Waals surface area contributed by atoms with E-state index in [1.54, 1.807) is 24.3 Å². The Kier molecular flexibility index (Phi) is 5.71. The van der Waals surface area contributed by atoms with Crippen molar-refractivity contribution in [1.82, 2.24) is 0 Å². The molecule has 5 nitrogen and oxygen atoms in total. The van der Waals surface area contributed by atoms with Crippen molar-refractivity contribution >= 4 is 28.5 Å². The van der Waals surface area contributed by atoms with Crippen LogP contribution in [0.5, 0.6) is 17.2 Å². The average molecular weight is 415 g/mol. The Balaban J connectivity index is 1.87. The van der Waals surface area contributed by atoms with Crippen molar-refractivity contribution in [2.24, 2.45) is 5.41 Å². The van der Waals surface area contributed by atoms with E-state index in [0.29, 0.717) is 27.5 Å². The fourth-order valence-electron chi connectivity index (χ4n) is 2.92. The van der Waals surface area contributed by atoms with Gasteiger partial charge in [0.1, 0.15) is 23.3 Å². The number of benzene rings is 2. The first kappa shape index (κ1) is 20.9. The molecule has 0 aliphatic heterocycles. The Morgan fingerprint density at radius 1 is 1.07 bits per heavy atom. The van der Waals surface area contributed by atoms with Gasteiger partial charge in [0.05, 0.1) is 11.8 Å². The highest BCUT2D eigenvalue weighted by molar-refractivity contribution is 6.32. The molecule has 152 valence electrons. The molecule has 0 atom stereocenters. The molecule has 6 heteroatoms. The second-order valence-electron chi connectivity index (χ2n) is 8.27. The molecule has 0 aliphatic carbocycles. The van der Waals surface area contributed by atoms with Crippen LogP contribution in [-0.4, -0.2) is 5.97 Å². The van der Waals surface area contributed by atoms with Crippen molar-refractivity contribution in [3.8, 4) is 17.2 Å². The van der Waals surface area contributed by atoms with E-state index in [1.165, 1.54) is 12.3 Å². The summed E-state index contributed by atoms with van der Waals surface area (Å²) < 4.78 is 16.7. The van der Waals surface area contributed by atoms with Crippen LogP contribution >= 0.6 is 11.6 Å². The van der Waals surface area contributed by atoms with E-state index in [4.69, 9.17) is 25.5 Å². The van der Waals surface area contributed by atoms with E-state index in [-0.39, 0.29) is 29.0 Å². The summed E-state index contributed by atoms with van der Waals surface area (Å²) in [6.45, 7) is 9.61. The maximum atomic E-state index is 12.8. The number of hydrogen-bond acceptors (Lipinski definition) is 5. The summed E-state index contributed by atoms with van der Waals surface area (Å²) in [6, 6.07) is 8.18. The lowest BCUT2D eigenvalue weighted by molar-refractivity contribution is -0.136. The van der Waals surface area contributed by atoms with Crippen LogP contribution in [0.1, 0.15) is 38.3 Å². The van der Waals surface area contributed by atoms with Crippen molar-refractivity contribution < 1.29 is 18.7 Å². The lowest BCUT2D eigenvalue weighted by atomic mass is 9.92. The number of rotatable bonds is 4. The van der Waals surface area contributed by atoms with E-state index in [0.717, 1.165) is 11.1 Å². The zero-order valence-electron chi connectivity index (χ0n) is 17.1. The van der Waals surface area contributed by atoms with Gasteiger partial charge in [-0.25, -0.2) is 0 Å². The molecule has 0 saturated heterocycles. The summed E-state index contributed by atoms with van der Waals surface area (Å²) in [6.07, 6.45) is 1.53. The second kappa shape index (κ2) is 7.91. The van der Waals surface area contributed by atoms with Gasteiger partial charge in [-0.05, 0) is 54.7 Å². The fourth-order valence-corrected chi connectivity index (χ4v) is 3.03. The summed E-state index contributed by atoms with van der Waals surface area (Å²) in [5, 5.41) is 0.997. The van der Waals surface area contributed by atoms with Gasteiger partial charge in [-0.1, -0.05) is 32.4 Å². The molecule has 0 N–H and O–H groups in total. The van der Waals surface area contributed by atoms with Crippen LogP contribution in [0.25, 0.3) is 11.0 Å². The normalized spacial score (nSPS) is 11.5. The molecule has 0 amide bonds. The molecule has 3 aromatic rings. The first-order valence-corrected chi connectivity index (χ1v) is 9.62. The fraction of sp³-hybridized carbons (Fsp3) is 0.304. The Morgan fingerprint density at radius 3 is 2.34 bits per heavy atom. The number of esters is 1. The number of carbonyl (C=O) groups excluding carboxylic acids is 1. The summed E-state index contributed by atoms with van der Waals surface area (Å²) in [7, 11) is 0. The van der Waals surface area contributed by atoms with Crippen LogP contribution in [0.15, 0.2) is 45.8 Å². The van der Waals surface area contributed by atoms with Crippen LogP contribution in [-0.2, 0) is 4.79 Å². The summed E-state index contributed by atoms with van der Waals surface area (Å²) >= 11 is 6.18. The Labute approximate surface area is 174 Å². The number of carbonyl (C=O) groups is 1. The van der Waals surface area contributed by atoms with E-state index in [1.807, 2.05) is 34.6 Å². The lowest BCUT2D eigenvalue weighted by Gasteiger charge is -2.16. The SMILES string of the molecule is Cc1cc(Oc2coc3cc(OC(=O)CC(C)(C)C)ccc3c2=O)cc(C)c1Cl. The molecule has 0 saturated carbocycles. The smallest absolute Gasteiger partial charge is 0.311 e. The molecule has 1 aromatic heterocycles. The van der Waals surface area contributed by atoms with Crippen molar-refractivity contribution in [1.29, 1.82) is 0 Å². The molecule has 2 aromatic carbocycles. The van der Waals surface area contributed by atoms with Gasteiger partial charge >= 0.3 is 5.97 Å². The van der Waals surface area contributed by atoms with Crippen LogP contribution < -0.4 is 14.9 Å². The van der Waals surface area contributed by atoms with Crippen LogP contribution in [0.4, 0.5) is 0 Å². The molecule has 0 bridgehead atoms. The summed E-state index contributed by atoms with van der Waals surface area (Å²) in [4.78, 5) is 24.8. The van der Waals surface area contributed by atoms with Gasteiger partial charge in [0.15, 0.2) is 0 Å². The average Bonchev–Trinajstić information content (AvgIpc) is 2.60. The Bertz CT molecular complexity index is 1120. The quantitative estimate of drug-likeness (QED) is 0.375. The van der Waals surface area contributed by atoms with Crippen molar-refractivity contribution in [3.63, 3.8) is 0 Å². The third-order valence-corrected chi connectivity index (χ3v) is 4.85. The standard InChI is InChI=1S/C23H23ClO5/c1-13-8-16(9-14(2)21(13)24)28-19-12-27-18-10-15(6-7-17(18)22(19)26)29-20(25)11-23(3,4)5/h6-10,12H,11H2,1-5H3. The van der Waals surface area contributed by atoms with Gasteiger partial charge in [0.25, 0.3) is 0 Å². The largest absolute Gasteiger partial charge is 0.460 e. The summed E-state index contributed by atoms with van der Waals surface area (Å²) in [5.74, 6) is 0.556. The molecule has 0 spiro atoms. The van der Waals surface area contributed by atoms with E-state index in [9.17, 15) is 9.59 Å². The molecule has 0 radical (unpaired) electrons. The zero-order valence-corrected chi connectivity index (χ0v) is 17.8. The van der Waals surface area contributed by atoms with Gasteiger partial charge in [0.2, 0.25) is 11.2 Å². The molecular formula is C23H23ClO5. The van der Waals surface area contributed by atoms with Crippen molar-refractivity contribution in [2.75, 3.05) is 0 Å². The minimum absolute atomic E-state index is 0.0658. The van der Waals surface area contributed by atoms with Gasteiger partial charge in [-0.15, -0.1) is 0 Å². The van der Waals surface area contributed by atoms with Crippen LogP contribution in [0.3, 0.4) is 0 Å². The van der Waals surface area contributed by atoms with Crippen molar-refractivity contribution in [2.45, 2.75) is 41.0 Å². The third kappa shape index (κ3) is 4.98. The van der Waals surface area contributed by atoms with Gasteiger partial charge in [0, 0.05) is 11.1 Å². The highest BCUT2D eigenvalue weighted by Gasteiger charge is 2.18. The van der Waals surface area contributed by atoms with E-state index in [2.05, 4.69) is 0 Å². The molecule has 0 unspecified atom stereocenters. The van der Waals surface area contributed by atoms with Crippen molar-refractivity contribution in [3.05, 3.63) is 63.0 Å². The topological polar surface area (TPSA) is 65.7 Å². The predicted molar refractivity (Wildman–Crippen MR) is 113 cm³/mol. The third-order valence-electron chi connectivity index (χ3n) is 4.26. The predicted octanol–water partition coefficient (Wildman–Crippen LogP) is 6.20. The Hall–Kier alpha value is -2.79. The monoisotopic (exact) mass is 414 g/mol. The first-order valence-electron chi connectivity index (χ1n) is 9.24. The Morgan fingerprint density at radius 2 is 1.72 bits per heavy atom. The number of fused-ring (bicyclic) bond motifs is 1. The minimum atomic E-state index is -0.340. The molecule has 1 heterocycles. The molecule has 0 aliphatic rings. The molecule has 0 fully saturated rings. The molecule has 3 rings (SSSR count). The highest BCUT2D eigenvalue weighted by Crippen LogP contribution is 2.29. The maximum absolute atomic E-state index is 12.8. The van der Waals surface area contributed by atoms with Gasteiger partial charge in [-0.3, -0.25) is 9.59 Å².